The topological polar surface area (TPSA) is 68.8 Å². The first-order chi connectivity index (χ1) is 19.8. The summed E-state index contributed by atoms with van der Waals surface area (Å²) in [4.78, 5) is 21.6. The van der Waals surface area contributed by atoms with Gasteiger partial charge in [-0.2, -0.15) is 10.2 Å². The maximum atomic E-state index is 14.6. The van der Waals surface area contributed by atoms with Gasteiger partial charge in [-0.15, -0.1) is 0 Å². The molecule has 0 amide bonds. The Bertz CT molecular complexity index is 1690. The number of aryl methyl sites for hydroxylation is 2. The van der Waals surface area contributed by atoms with Gasteiger partial charge in [0.25, 0.3) is 0 Å². The molecule has 8 heteroatoms. The molecule has 208 valence electrons. The summed E-state index contributed by atoms with van der Waals surface area (Å²) in [5.74, 6) is -0.213. The van der Waals surface area contributed by atoms with E-state index in [0.29, 0.717) is 24.6 Å². The third kappa shape index (κ3) is 4.42. The third-order valence-electron chi connectivity index (χ3n) is 8.97. The fourth-order valence-electron chi connectivity index (χ4n) is 6.83. The fraction of sp³-hybridized carbons (Fsp3) is 0.333. The van der Waals surface area contributed by atoms with E-state index in [9.17, 15) is 9.18 Å². The lowest BCUT2D eigenvalue weighted by Gasteiger charge is -2.48. The number of ketones is 1. The zero-order valence-corrected chi connectivity index (χ0v) is 23.4. The first-order valence-electron chi connectivity index (χ1n) is 14.3. The molecule has 0 bridgehead atoms. The number of fused-ring (bicyclic) bond motifs is 2. The number of allylic oxidation sites excluding steroid dienone is 1. The molecule has 41 heavy (non-hydrogen) atoms. The van der Waals surface area contributed by atoms with Crippen molar-refractivity contribution in [1.82, 2.24) is 29.4 Å². The molecule has 0 aliphatic heterocycles. The number of halogens is 1. The van der Waals surface area contributed by atoms with Gasteiger partial charge in [0.05, 0.1) is 29.2 Å². The highest BCUT2D eigenvalue weighted by Gasteiger charge is 2.51. The van der Waals surface area contributed by atoms with Crippen molar-refractivity contribution in [2.75, 3.05) is 0 Å². The normalized spacial score (nSPS) is 21.5. The summed E-state index contributed by atoms with van der Waals surface area (Å²) in [5.41, 5.74) is 6.70. The van der Waals surface area contributed by atoms with E-state index in [1.54, 1.807) is 18.3 Å². The van der Waals surface area contributed by atoms with Crippen molar-refractivity contribution in [3.05, 3.63) is 107 Å². The van der Waals surface area contributed by atoms with E-state index in [1.165, 1.54) is 12.1 Å². The molecule has 0 unspecified atom stereocenters. The number of rotatable bonds is 7. The smallest absolute Gasteiger partial charge is 0.191 e. The van der Waals surface area contributed by atoms with Crippen LogP contribution < -0.4 is 0 Å². The van der Waals surface area contributed by atoms with Crippen LogP contribution in [0.3, 0.4) is 0 Å². The molecule has 4 aromatic rings. The first-order valence-corrected chi connectivity index (χ1v) is 14.3. The summed E-state index contributed by atoms with van der Waals surface area (Å²) in [6, 6.07) is 10.8. The highest BCUT2D eigenvalue weighted by atomic mass is 19.1. The quantitative estimate of drug-likeness (QED) is 0.267. The Kier molecular flexibility index (Phi) is 6.03. The maximum absolute atomic E-state index is 14.6. The number of Topliss-reactive ketones (excluding diaryl/α,β-unsaturated/α-hetero) is 1. The molecule has 0 spiro atoms. The lowest BCUT2D eigenvalue weighted by Crippen LogP contribution is -2.49. The van der Waals surface area contributed by atoms with Gasteiger partial charge in [0, 0.05) is 42.8 Å². The third-order valence-corrected chi connectivity index (χ3v) is 8.97. The van der Waals surface area contributed by atoms with E-state index < -0.39 is 5.41 Å². The van der Waals surface area contributed by atoms with E-state index in [1.807, 2.05) is 54.1 Å². The Morgan fingerprint density at radius 3 is 2.61 bits per heavy atom. The Labute approximate surface area is 239 Å². The van der Waals surface area contributed by atoms with Crippen LogP contribution in [0.15, 0.2) is 73.3 Å². The summed E-state index contributed by atoms with van der Waals surface area (Å²) < 4.78 is 17.3. The minimum absolute atomic E-state index is 0.0695. The van der Waals surface area contributed by atoms with Gasteiger partial charge in [-0.1, -0.05) is 12.2 Å². The Hall–Kier alpha value is -4.33. The molecular weight excluding hydrogens is 515 g/mol. The second-order valence-corrected chi connectivity index (χ2v) is 11.8. The average Bonchev–Trinajstić information content (AvgIpc) is 3.57. The summed E-state index contributed by atoms with van der Waals surface area (Å²) in [5, 5.41) is 9.07. The van der Waals surface area contributed by atoms with Gasteiger partial charge in [0.1, 0.15) is 11.5 Å². The molecule has 0 radical (unpaired) electrons. The number of nitrogens with zero attached hydrogens (tertiary/aromatic N) is 6. The zero-order valence-electron chi connectivity index (χ0n) is 23.4. The molecule has 1 aromatic carbocycles. The highest BCUT2D eigenvalue weighted by Crippen LogP contribution is 2.52. The Morgan fingerprint density at radius 2 is 1.90 bits per heavy atom. The van der Waals surface area contributed by atoms with Crippen LogP contribution in [0.2, 0.25) is 0 Å². The van der Waals surface area contributed by atoms with E-state index in [-0.39, 0.29) is 17.6 Å². The maximum Gasteiger partial charge on any atom is 0.191 e. The molecule has 2 atom stereocenters. The van der Waals surface area contributed by atoms with Crippen LogP contribution >= 0.6 is 0 Å². The second kappa shape index (κ2) is 9.65. The van der Waals surface area contributed by atoms with Crippen LogP contribution in [-0.2, 0) is 13.5 Å². The molecule has 3 aliphatic carbocycles. The average molecular weight is 549 g/mol. The van der Waals surface area contributed by atoms with Crippen LogP contribution in [0.1, 0.15) is 65.0 Å². The van der Waals surface area contributed by atoms with Crippen LogP contribution in [0.25, 0.3) is 17.5 Å². The van der Waals surface area contributed by atoms with Crippen molar-refractivity contribution in [1.29, 1.82) is 0 Å². The molecule has 3 aromatic heterocycles. The molecule has 0 N–H and O–H groups in total. The van der Waals surface area contributed by atoms with Gasteiger partial charge < -0.3 is 4.90 Å². The predicted octanol–water partition coefficient (Wildman–Crippen LogP) is 5.94. The number of pyridine rings is 1. The fourth-order valence-corrected chi connectivity index (χ4v) is 6.83. The second-order valence-electron chi connectivity index (χ2n) is 11.8. The molecule has 3 aliphatic rings. The molecule has 3 heterocycles. The van der Waals surface area contributed by atoms with Gasteiger partial charge in [-0.05, 0) is 99.0 Å². The number of benzene rings is 1. The monoisotopic (exact) mass is 548 g/mol. The van der Waals surface area contributed by atoms with Crippen molar-refractivity contribution in [2.24, 2.45) is 12.5 Å². The van der Waals surface area contributed by atoms with E-state index in [4.69, 9.17) is 0 Å². The van der Waals surface area contributed by atoms with E-state index >= 15 is 0 Å². The highest BCUT2D eigenvalue weighted by molar-refractivity contribution is 6.02. The van der Waals surface area contributed by atoms with Gasteiger partial charge in [0.2, 0.25) is 0 Å². The van der Waals surface area contributed by atoms with Gasteiger partial charge >= 0.3 is 0 Å². The van der Waals surface area contributed by atoms with Crippen molar-refractivity contribution >= 4 is 17.6 Å². The largest absolute Gasteiger partial charge is 0.365 e. The van der Waals surface area contributed by atoms with Crippen LogP contribution in [0.5, 0.6) is 0 Å². The zero-order chi connectivity index (χ0) is 28.3. The predicted molar refractivity (Wildman–Crippen MR) is 156 cm³/mol. The number of aromatic nitrogens is 5. The molecule has 0 saturated heterocycles. The Morgan fingerprint density at radius 1 is 1.10 bits per heavy atom. The number of carbonyl (C=O) groups is 1. The molecule has 2 fully saturated rings. The summed E-state index contributed by atoms with van der Waals surface area (Å²) in [6.45, 7) is 6.51. The minimum atomic E-state index is -0.726. The van der Waals surface area contributed by atoms with Crippen molar-refractivity contribution < 1.29 is 9.18 Å². The van der Waals surface area contributed by atoms with Crippen LogP contribution in [0.4, 0.5) is 4.39 Å². The minimum Gasteiger partial charge on any atom is -0.365 e. The molecule has 7 rings (SSSR count). The van der Waals surface area contributed by atoms with E-state index in [2.05, 4.69) is 32.7 Å². The van der Waals surface area contributed by atoms with Crippen molar-refractivity contribution in [3.8, 4) is 5.69 Å². The summed E-state index contributed by atoms with van der Waals surface area (Å²) in [6.07, 6.45) is 14.9. The molecule has 7 nitrogen and oxygen atoms in total. The van der Waals surface area contributed by atoms with E-state index in [0.717, 1.165) is 65.0 Å². The molecular formula is C33H33FN6O. The number of hydrogen-bond donors (Lipinski definition) is 0. The first kappa shape index (κ1) is 25.6. The van der Waals surface area contributed by atoms with Gasteiger partial charge in [-0.25, -0.2) is 9.07 Å². The van der Waals surface area contributed by atoms with Crippen LogP contribution in [-0.4, -0.2) is 47.3 Å². The number of hydrogen-bond acceptors (Lipinski definition) is 5. The van der Waals surface area contributed by atoms with Crippen LogP contribution in [0, 0.1) is 18.2 Å². The standard InChI is InChI=1S/C33H33FN6O/c1-21-12-13-35-30(14-21)32(41)33-16-23-18-37-40(28-8-5-26(34)6-9-28)31(23)15-25(33)4-7-29(17-33)39(27-10-11-27)22(2)24-19-36-38(3)20-24/h5-6,8-9,12-15,18-20,27,29H,2,4,7,10-11,16-17H2,1,3H3/t29-,33-/m0/s1. The van der Waals surface area contributed by atoms with Gasteiger partial charge in [-0.3, -0.25) is 14.5 Å². The SMILES string of the molecule is C=C(c1cnn(C)c1)N(C1CC1)[C@H]1CCC2=Cc3c(cnn3-c3ccc(F)cc3)C[C@]2(C(=O)c2cc(C)ccn2)C1. The van der Waals surface area contributed by atoms with Crippen molar-refractivity contribution in [2.45, 2.75) is 57.5 Å². The molecule has 2 saturated carbocycles. The van der Waals surface area contributed by atoms with Crippen molar-refractivity contribution in [3.63, 3.8) is 0 Å². The summed E-state index contributed by atoms with van der Waals surface area (Å²) >= 11 is 0. The Balaban J connectivity index is 1.30. The number of carbonyl (C=O) groups excluding carboxylic acids is 1. The summed E-state index contributed by atoms with van der Waals surface area (Å²) in [7, 11) is 1.92. The lowest BCUT2D eigenvalue weighted by molar-refractivity contribution is 0.0719. The lowest BCUT2D eigenvalue weighted by atomic mass is 9.60. The van der Waals surface area contributed by atoms with Gasteiger partial charge in [0.15, 0.2) is 5.78 Å².